The van der Waals surface area contributed by atoms with Crippen LogP contribution in [-0.2, 0) is 11.3 Å². The normalized spacial score (nSPS) is 10.4. The SMILES string of the molecule is COCCn1c(N)c(C(=S)Nc2ccccc2)c(=O)[nH]c1=O. The van der Waals surface area contributed by atoms with Crippen LogP contribution in [0.5, 0.6) is 0 Å². The first-order valence-electron chi connectivity index (χ1n) is 6.52. The number of nitrogens with two attached hydrogens (primary N) is 1. The lowest BCUT2D eigenvalue weighted by atomic mass is 10.2. The Bertz CT molecular complexity index is 783. The molecule has 0 aliphatic heterocycles. The number of methoxy groups -OCH3 is 1. The fraction of sp³-hybridized carbons (Fsp3) is 0.214. The Morgan fingerprint density at radius 2 is 2.05 bits per heavy atom. The first-order valence-corrected chi connectivity index (χ1v) is 6.93. The average Bonchev–Trinajstić information content (AvgIpc) is 2.47. The number of anilines is 2. The van der Waals surface area contributed by atoms with Gasteiger partial charge in [-0.05, 0) is 12.1 Å². The van der Waals surface area contributed by atoms with Crippen LogP contribution in [0.3, 0.4) is 0 Å². The first kappa shape index (κ1) is 15.9. The Kier molecular flexibility index (Phi) is 5.08. The molecule has 0 bridgehead atoms. The van der Waals surface area contributed by atoms with E-state index in [4.69, 9.17) is 22.7 Å². The Hall–Kier alpha value is -2.45. The van der Waals surface area contributed by atoms with Crippen LogP contribution in [0.1, 0.15) is 5.56 Å². The predicted molar refractivity (Wildman–Crippen MR) is 89.4 cm³/mol. The molecule has 0 aliphatic rings. The highest BCUT2D eigenvalue weighted by Crippen LogP contribution is 2.11. The second kappa shape index (κ2) is 7.01. The Labute approximate surface area is 131 Å². The van der Waals surface area contributed by atoms with Crippen molar-refractivity contribution in [3.8, 4) is 0 Å². The van der Waals surface area contributed by atoms with Gasteiger partial charge in [-0.25, -0.2) is 4.79 Å². The zero-order chi connectivity index (χ0) is 16.1. The van der Waals surface area contributed by atoms with E-state index in [2.05, 4.69) is 10.3 Å². The van der Waals surface area contributed by atoms with E-state index in [9.17, 15) is 9.59 Å². The van der Waals surface area contributed by atoms with Crippen molar-refractivity contribution in [3.05, 3.63) is 56.7 Å². The molecule has 1 aromatic heterocycles. The van der Waals surface area contributed by atoms with Gasteiger partial charge in [-0.2, -0.15) is 0 Å². The van der Waals surface area contributed by atoms with E-state index < -0.39 is 11.2 Å². The van der Waals surface area contributed by atoms with Crippen molar-refractivity contribution in [3.63, 3.8) is 0 Å². The summed E-state index contributed by atoms with van der Waals surface area (Å²) >= 11 is 5.24. The summed E-state index contributed by atoms with van der Waals surface area (Å²) in [6.45, 7) is 0.507. The largest absolute Gasteiger partial charge is 0.384 e. The van der Waals surface area contributed by atoms with Gasteiger partial charge in [-0.1, -0.05) is 30.4 Å². The Balaban J connectivity index is 2.40. The smallest absolute Gasteiger partial charge is 0.330 e. The highest BCUT2D eigenvalue weighted by molar-refractivity contribution is 7.81. The van der Waals surface area contributed by atoms with Crippen LogP contribution in [0.25, 0.3) is 0 Å². The summed E-state index contributed by atoms with van der Waals surface area (Å²) in [7, 11) is 1.51. The van der Waals surface area contributed by atoms with Crippen LogP contribution < -0.4 is 22.3 Å². The number of H-pyrrole nitrogens is 1. The summed E-state index contributed by atoms with van der Waals surface area (Å²) in [6, 6.07) is 9.13. The number of aromatic nitrogens is 2. The molecule has 0 saturated heterocycles. The molecule has 2 rings (SSSR count). The summed E-state index contributed by atoms with van der Waals surface area (Å²) < 4.78 is 6.15. The van der Waals surface area contributed by atoms with Crippen molar-refractivity contribution >= 4 is 28.7 Å². The van der Waals surface area contributed by atoms with Gasteiger partial charge in [0.2, 0.25) is 0 Å². The third-order valence-corrected chi connectivity index (χ3v) is 3.32. The monoisotopic (exact) mass is 320 g/mol. The number of aromatic amines is 1. The van der Waals surface area contributed by atoms with Gasteiger partial charge >= 0.3 is 5.69 Å². The summed E-state index contributed by atoms with van der Waals surface area (Å²) in [6.07, 6.45) is 0. The lowest BCUT2D eigenvalue weighted by Crippen LogP contribution is -2.38. The molecular weight excluding hydrogens is 304 g/mol. The fourth-order valence-electron chi connectivity index (χ4n) is 1.93. The van der Waals surface area contributed by atoms with Gasteiger partial charge < -0.3 is 15.8 Å². The minimum absolute atomic E-state index is 0.0132. The van der Waals surface area contributed by atoms with Crippen molar-refractivity contribution in [2.45, 2.75) is 6.54 Å². The van der Waals surface area contributed by atoms with Crippen molar-refractivity contribution in [1.82, 2.24) is 9.55 Å². The quantitative estimate of drug-likeness (QED) is 0.696. The Morgan fingerprint density at radius 1 is 1.36 bits per heavy atom. The number of para-hydroxylation sites is 1. The number of hydrogen-bond acceptors (Lipinski definition) is 5. The van der Waals surface area contributed by atoms with Gasteiger partial charge in [0.1, 0.15) is 16.4 Å². The first-order chi connectivity index (χ1) is 10.5. The molecule has 0 spiro atoms. The number of hydrogen-bond donors (Lipinski definition) is 3. The van der Waals surface area contributed by atoms with Gasteiger partial charge in [0, 0.05) is 12.8 Å². The maximum absolute atomic E-state index is 12.0. The number of nitrogen functional groups attached to an aromatic ring is 1. The van der Waals surface area contributed by atoms with Crippen LogP contribution in [0, 0.1) is 0 Å². The van der Waals surface area contributed by atoms with Crippen LogP contribution in [0.2, 0.25) is 0 Å². The van der Waals surface area contributed by atoms with Crippen molar-refractivity contribution in [2.24, 2.45) is 0 Å². The van der Waals surface area contributed by atoms with Gasteiger partial charge in [0.15, 0.2) is 0 Å². The maximum Gasteiger partial charge on any atom is 0.330 e. The third-order valence-electron chi connectivity index (χ3n) is 3.02. The van der Waals surface area contributed by atoms with Gasteiger partial charge in [-0.15, -0.1) is 0 Å². The minimum atomic E-state index is -0.621. The number of nitrogens with zero attached hydrogens (tertiary/aromatic N) is 1. The third kappa shape index (κ3) is 3.41. The molecule has 1 heterocycles. The standard InChI is InChI=1S/C14H16N4O3S/c1-21-8-7-18-11(15)10(12(19)17-14(18)20)13(22)16-9-5-3-2-4-6-9/h2-6H,7-8,15H2,1H3,(H,16,22)(H,17,19,20). The molecular formula is C14H16N4O3S. The highest BCUT2D eigenvalue weighted by Gasteiger charge is 2.16. The van der Waals surface area contributed by atoms with Gasteiger partial charge in [0.05, 0.1) is 13.2 Å². The molecule has 7 nitrogen and oxygen atoms in total. The van der Waals surface area contributed by atoms with Crippen molar-refractivity contribution < 1.29 is 4.74 Å². The molecule has 2 aromatic rings. The molecule has 22 heavy (non-hydrogen) atoms. The molecule has 0 amide bonds. The van der Waals surface area contributed by atoms with E-state index in [1.807, 2.05) is 18.2 Å². The van der Waals surface area contributed by atoms with Crippen LogP contribution in [0.4, 0.5) is 11.5 Å². The topological polar surface area (TPSA) is 102 Å². The van der Waals surface area contributed by atoms with E-state index in [0.717, 1.165) is 5.69 Å². The average molecular weight is 320 g/mol. The van der Waals surface area contributed by atoms with E-state index >= 15 is 0 Å². The second-order valence-electron chi connectivity index (χ2n) is 4.48. The molecule has 0 aliphatic carbocycles. The van der Waals surface area contributed by atoms with Crippen LogP contribution in [-0.4, -0.2) is 28.3 Å². The maximum atomic E-state index is 12.0. The molecule has 4 N–H and O–H groups in total. The van der Waals surface area contributed by atoms with E-state index in [-0.39, 0.29) is 29.5 Å². The Morgan fingerprint density at radius 3 is 2.68 bits per heavy atom. The molecule has 0 unspecified atom stereocenters. The molecule has 116 valence electrons. The number of ether oxygens (including phenoxy) is 1. The number of rotatable bonds is 5. The number of thiocarbonyl (C=S) groups is 1. The zero-order valence-corrected chi connectivity index (χ0v) is 12.8. The van der Waals surface area contributed by atoms with Crippen LogP contribution in [0.15, 0.2) is 39.9 Å². The van der Waals surface area contributed by atoms with Crippen LogP contribution >= 0.6 is 12.2 Å². The molecule has 1 aromatic carbocycles. The highest BCUT2D eigenvalue weighted by atomic mass is 32.1. The van der Waals surface area contributed by atoms with E-state index in [1.165, 1.54) is 11.7 Å². The molecule has 0 atom stereocenters. The molecule has 8 heteroatoms. The van der Waals surface area contributed by atoms with E-state index in [1.54, 1.807) is 12.1 Å². The zero-order valence-electron chi connectivity index (χ0n) is 12.0. The lowest BCUT2D eigenvalue weighted by molar-refractivity contribution is 0.186. The van der Waals surface area contributed by atoms with Gasteiger partial charge in [0.25, 0.3) is 5.56 Å². The van der Waals surface area contributed by atoms with Crippen molar-refractivity contribution in [2.75, 3.05) is 24.8 Å². The van der Waals surface area contributed by atoms with Gasteiger partial charge in [-0.3, -0.25) is 14.3 Å². The van der Waals surface area contributed by atoms with E-state index in [0.29, 0.717) is 0 Å². The summed E-state index contributed by atoms with van der Waals surface area (Å²) in [5.41, 5.74) is 5.52. The number of benzene rings is 1. The van der Waals surface area contributed by atoms with Crippen molar-refractivity contribution in [1.29, 1.82) is 0 Å². The second-order valence-corrected chi connectivity index (χ2v) is 4.89. The minimum Gasteiger partial charge on any atom is -0.384 e. The molecule has 0 fully saturated rings. The lowest BCUT2D eigenvalue weighted by Gasteiger charge is -2.14. The summed E-state index contributed by atoms with van der Waals surface area (Å²) in [5.74, 6) is 0.0132. The molecule has 0 radical (unpaired) electrons. The summed E-state index contributed by atoms with van der Waals surface area (Å²) in [4.78, 5) is 26.2. The molecule has 0 saturated carbocycles. The fourth-order valence-corrected chi connectivity index (χ4v) is 2.24. The number of nitrogens with one attached hydrogen (secondary N) is 2. The summed E-state index contributed by atoms with van der Waals surface area (Å²) in [5, 5.41) is 2.93. The predicted octanol–water partition coefficient (Wildman–Crippen LogP) is 0.553.